The lowest BCUT2D eigenvalue weighted by molar-refractivity contribution is -0.116. The molecule has 0 unspecified atom stereocenters. The Morgan fingerprint density at radius 3 is 2.41 bits per heavy atom. The minimum absolute atomic E-state index is 0.00945. The average Bonchev–Trinajstić information content (AvgIpc) is 2.97. The third kappa shape index (κ3) is 2.07. The van der Waals surface area contributed by atoms with Crippen molar-refractivity contribution in [2.45, 2.75) is 6.42 Å². The molecule has 0 aliphatic carbocycles. The van der Waals surface area contributed by atoms with Gasteiger partial charge in [-0.15, -0.1) is 0 Å². The predicted octanol–water partition coefficient (Wildman–Crippen LogP) is 3.98. The van der Waals surface area contributed by atoms with Crippen LogP contribution in [-0.4, -0.2) is 11.6 Å². The Bertz CT molecular complexity index is 879. The quantitative estimate of drug-likeness (QED) is 0.701. The van der Waals surface area contributed by atoms with Crippen LogP contribution in [0.5, 0.6) is 0 Å². The van der Waals surface area contributed by atoms with Gasteiger partial charge in [-0.25, -0.2) is 0 Å². The van der Waals surface area contributed by atoms with Crippen LogP contribution in [0.2, 0.25) is 0 Å². The number of anilines is 1. The molecule has 0 aromatic heterocycles. The van der Waals surface area contributed by atoms with Crippen molar-refractivity contribution < 1.29 is 4.79 Å². The van der Waals surface area contributed by atoms with Gasteiger partial charge in [-0.1, -0.05) is 66.7 Å². The molecule has 0 saturated heterocycles. The third-order valence-corrected chi connectivity index (χ3v) is 3.88. The summed E-state index contributed by atoms with van der Waals surface area (Å²) < 4.78 is 0. The molecule has 3 aromatic carbocycles. The Balaban J connectivity index is 1.82. The Morgan fingerprint density at radius 1 is 0.818 bits per heavy atom. The SMILES string of the molecule is O=C1CC(c2ccccc2)=NN1c1cccc2ccccc12. The Kier molecular flexibility index (Phi) is 2.97. The van der Waals surface area contributed by atoms with E-state index in [0.29, 0.717) is 6.42 Å². The van der Waals surface area contributed by atoms with E-state index in [2.05, 4.69) is 5.10 Å². The maximum atomic E-state index is 12.4. The van der Waals surface area contributed by atoms with Crippen LogP contribution in [0, 0.1) is 0 Å². The summed E-state index contributed by atoms with van der Waals surface area (Å²) in [5.41, 5.74) is 2.66. The van der Waals surface area contributed by atoms with Crippen LogP contribution in [-0.2, 0) is 4.79 Å². The first kappa shape index (κ1) is 12.8. The molecule has 1 amide bonds. The van der Waals surface area contributed by atoms with Crippen LogP contribution in [0.15, 0.2) is 77.9 Å². The van der Waals surface area contributed by atoms with Gasteiger partial charge in [0.2, 0.25) is 0 Å². The summed E-state index contributed by atoms with van der Waals surface area (Å²) in [4.78, 5) is 12.4. The van der Waals surface area contributed by atoms with Crippen LogP contribution >= 0.6 is 0 Å². The van der Waals surface area contributed by atoms with Gasteiger partial charge >= 0.3 is 0 Å². The van der Waals surface area contributed by atoms with E-state index in [-0.39, 0.29) is 5.91 Å². The first-order valence-corrected chi connectivity index (χ1v) is 7.26. The van der Waals surface area contributed by atoms with Crippen molar-refractivity contribution in [1.29, 1.82) is 0 Å². The molecule has 4 rings (SSSR count). The third-order valence-electron chi connectivity index (χ3n) is 3.88. The number of benzene rings is 3. The van der Waals surface area contributed by atoms with Gasteiger partial charge in [0.25, 0.3) is 5.91 Å². The van der Waals surface area contributed by atoms with E-state index in [9.17, 15) is 4.79 Å². The molecular formula is C19H14N2O. The van der Waals surface area contributed by atoms with Gasteiger partial charge in [0.05, 0.1) is 17.8 Å². The van der Waals surface area contributed by atoms with E-state index in [0.717, 1.165) is 27.7 Å². The van der Waals surface area contributed by atoms with Gasteiger partial charge in [0.1, 0.15) is 0 Å². The molecule has 0 radical (unpaired) electrons. The molecule has 3 heteroatoms. The zero-order valence-corrected chi connectivity index (χ0v) is 11.9. The molecule has 0 fully saturated rings. The lowest BCUT2D eigenvalue weighted by atomic mass is 10.1. The number of rotatable bonds is 2. The minimum atomic E-state index is 0.00945. The predicted molar refractivity (Wildman–Crippen MR) is 89.0 cm³/mol. The fraction of sp³-hybridized carbons (Fsp3) is 0.0526. The number of carbonyl (C=O) groups is 1. The molecule has 106 valence electrons. The van der Waals surface area contributed by atoms with Crippen LogP contribution < -0.4 is 5.01 Å². The normalized spacial score (nSPS) is 14.5. The highest BCUT2D eigenvalue weighted by Crippen LogP contribution is 2.30. The van der Waals surface area contributed by atoms with Crippen molar-refractivity contribution in [3.8, 4) is 0 Å². The molecule has 1 aliphatic heterocycles. The number of nitrogens with zero attached hydrogens (tertiary/aromatic N) is 2. The molecule has 0 atom stereocenters. The molecular weight excluding hydrogens is 272 g/mol. The second-order valence-electron chi connectivity index (χ2n) is 5.29. The Labute approximate surface area is 128 Å². The standard InChI is InChI=1S/C19H14N2O/c22-19-13-17(15-8-2-1-3-9-15)20-21(19)18-12-6-10-14-7-4-5-11-16(14)18/h1-12H,13H2. The van der Waals surface area contributed by atoms with Crippen molar-refractivity contribution in [1.82, 2.24) is 0 Å². The summed E-state index contributed by atoms with van der Waals surface area (Å²) in [6.07, 6.45) is 0.341. The highest BCUT2D eigenvalue weighted by Gasteiger charge is 2.26. The summed E-state index contributed by atoms with van der Waals surface area (Å²) >= 11 is 0. The molecule has 0 spiro atoms. The minimum Gasteiger partial charge on any atom is -0.272 e. The molecule has 0 N–H and O–H groups in total. The summed E-state index contributed by atoms with van der Waals surface area (Å²) in [6.45, 7) is 0. The van der Waals surface area contributed by atoms with Crippen LogP contribution in [0.4, 0.5) is 5.69 Å². The van der Waals surface area contributed by atoms with Gasteiger partial charge in [0.15, 0.2) is 0 Å². The van der Waals surface area contributed by atoms with Crippen molar-refractivity contribution in [3.63, 3.8) is 0 Å². The lowest BCUT2D eigenvalue weighted by Gasteiger charge is -2.14. The smallest absolute Gasteiger partial charge is 0.253 e. The number of amides is 1. The lowest BCUT2D eigenvalue weighted by Crippen LogP contribution is -2.19. The van der Waals surface area contributed by atoms with Crippen LogP contribution in [0.25, 0.3) is 10.8 Å². The number of hydrogen-bond donors (Lipinski definition) is 0. The molecule has 22 heavy (non-hydrogen) atoms. The number of hydrogen-bond acceptors (Lipinski definition) is 2. The molecule has 3 nitrogen and oxygen atoms in total. The van der Waals surface area contributed by atoms with E-state index in [4.69, 9.17) is 0 Å². The highest BCUT2D eigenvalue weighted by molar-refractivity contribution is 6.20. The monoisotopic (exact) mass is 286 g/mol. The number of fused-ring (bicyclic) bond motifs is 1. The molecule has 0 saturated carbocycles. The van der Waals surface area contributed by atoms with Gasteiger partial charge in [0, 0.05) is 5.39 Å². The fourth-order valence-corrected chi connectivity index (χ4v) is 2.80. The van der Waals surface area contributed by atoms with E-state index >= 15 is 0 Å². The van der Waals surface area contributed by atoms with E-state index in [1.807, 2.05) is 72.8 Å². The number of carbonyl (C=O) groups excluding carboxylic acids is 1. The van der Waals surface area contributed by atoms with Crippen molar-refractivity contribution in [2.24, 2.45) is 5.10 Å². The molecule has 1 aliphatic rings. The molecule has 1 heterocycles. The largest absolute Gasteiger partial charge is 0.272 e. The molecule has 0 bridgehead atoms. The summed E-state index contributed by atoms with van der Waals surface area (Å²) in [5.74, 6) is 0.00945. The first-order valence-electron chi connectivity index (χ1n) is 7.26. The zero-order chi connectivity index (χ0) is 14.9. The zero-order valence-electron chi connectivity index (χ0n) is 11.9. The van der Waals surface area contributed by atoms with Crippen molar-refractivity contribution >= 4 is 28.1 Å². The fourth-order valence-electron chi connectivity index (χ4n) is 2.80. The maximum Gasteiger partial charge on any atom is 0.253 e. The van der Waals surface area contributed by atoms with Crippen LogP contribution in [0.3, 0.4) is 0 Å². The Hall–Kier alpha value is -2.94. The average molecular weight is 286 g/mol. The number of hydrazone groups is 1. The van der Waals surface area contributed by atoms with Crippen LogP contribution in [0.1, 0.15) is 12.0 Å². The Morgan fingerprint density at radius 2 is 1.55 bits per heavy atom. The molecule has 3 aromatic rings. The second kappa shape index (κ2) is 5.11. The summed E-state index contributed by atoms with van der Waals surface area (Å²) in [6, 6.07) is 23.8. The van der Waals surface area contributed by atoms with E-state index in [1.165, 1.54) is 5.01 Å². The van der Waals surface area contributed by atoms with Crippen molar-refractivity contribution in [2.75, 3.05) is 5.01 Å². The van der Waals surface area contributed by atoms with Gasteiger partial charge in [-0.2, -0.15) is 10.1 Å². The summed E-state index contributed by atoms with van der Waals surface area (Å²) in [5, 5.41) is 8.24. The maximum absolute atomic E-state index is 12.4. The van der Waals surface area contributed by atoms with Gasteiger partial charge < -0.3 is 0 Å². The summed E-state index contributed by atoms with van der Waals surface area (Å²) in [7, 11) is 0. The second-order valence-corrected chi connectivity index (χ2v) is 5.29. The van der Waals surface area contributed by atoms with Crippen molar-refractivity contribution in [3.05, 3.63) is 78.4 Å². The van der Waals surface area contributed by atoms with Gasteiger partial charge in [-0.05, 0) is 17.0 Å². The first-order chi connectivity index (χ1) is 10.8. The van der Waals surface area contributed by atoms with E-state index in [1.54, 1.807) is 0 Å². The van der Waals surface area contributed by atoms with E-state index < -0.39 is 0 Å². The topological polar surface area (TPSA) is 32.7 Å². The van der Waals surface area contributed by atoms with Gasteiger partial charge in [-0.3, -0.25) is 4.79 Å². The highest BCUT2D eigenvalue weighted by atomic mass is 16.2.